The molecule has 0 unspecified atom stereocenters. The van der Waals surface area contributed by atoms with Gasteiger partial charge in [0.1, 0.15) is 0 Å². The molecule has 2 aromatic rings. The van der Waals surface area contributed by atoms with Crippen LogP contribution in [0.5, 0.6) is 11.5 Å². The minimum Gasteiger partial charge on any atom is -0.490 e. The van der Waals surface area contributed by atoms with Crippen LogP contribution in [0.1, 0.15) is 50.7 Å². The molecule has 2 aliphatic rings. The average Bonchev–Trinajstić information content (AvgIpc) is 2.98. The maximum Gasteiger partial charge on any atom is 0.284 e. The van der Waals surface area contributed by atoms with Crippen molar-refractivity contribution < 1.29 is 24.3 Å². The van der Waals surface area contributed by atoms with Gasteiger partial charge in [-0.2, -0.15) is 0 Å². The maximum atomic E-state index is 13.2. The summed E-state index contributed by atoms with van der Waals surface area (Å²) < 4.78 is 11.3. The number of hydrogen-bond donors (Lipinski definition) is 2. The van der Waals surface area contributed by atoms with Crippen molar-refractivity contribution in [2.24, 2.45) is 0 Å². The first-order valence-electron chi connectivity index (χ1n) is 9.15. The molecule has 2 aliphatic heterocycles. The predicted octanol–water partition coefficient (Wildman–Crippen LogP) is 2.96. The van der Waals surface area contributed by atoms with Crippen molar-refractivity contribution >= 4 is 23.2 Å². The van der Waals surface area contributed by atoms with E-state index in [2.05, 4.69) is 13.8 Å². The second-order valence-electron chi connectivity index (χ2n) is 7.66. The maximum absolute atomic E-state index is 13.2. The second kappa shape index (κ2) is 7.10. The van der Waals surface area contributed by atoms with E-state index in [1.54, 1.807) is 34.6 Å². The van der Waals surface area contributed by atoms with Crippen molar-refractivity contribution in [2.75, 3.05) is 19.8 Å². The van der Waals surface area contributed by atoms with Gasteiger partial charge in [0, 0.05) is 35.4 Å². The van der Waals surface area contributed by atoms with E-state index in [1.165, 1.54) is 11.3 Å². The lowest BCUT2D eigenvalue weighted by molar-refractivity contribution is 0.0688. The molecule has 0 spiro atoms. The Bertz CT molecular complexity index is 937. The Balaban J connectivity index is 1.62. The van der Waals surface area contributed by atoms with Crippen LogP contribution in [0.3, 0.4) is 0 Å². The summed E-state index contributed by atoms with van der Waals surface area (Å²) in [4.78, 5) is 28.3. The van der Waals surface area contributed by atoms with Crippen LogP contribution in [0.2, 0.25) is 0 Å². The first-order valence-corrected chi connectivity index (χ1v) is 9.97. The lowest BCUT2D eigenvalue weighted by Crippen LogP contribution is -2.44. The van der Waals surface area contributed by atoms with Crippen LogP contribution in [0, 0.1) is 0 Å². The average molecular weight is 402 g/mol. The van der Waals surface area contributed by atoms with Crippen LogP contribution in [0.4, 0.5) is 0 Å². The Kier molecular flexibility index (Phi) is 4.76. The molecule has 28 heavy (non-hydrogen) atoms. The molecule has 2 amide bonds. The summed E-state index contributed by atoms with van der Waals surface area (Å²) in [6, 6.07) is 7.03. The van der Waals surface area contributed by atoms with Crippen molar-refractivity contribution in [3.63, 3.8) is 0 Å². The molecule has 0 radical (unpaired) electrons. The fourth-order valence-electron chi connectivity index (χ4n) is 3.72. The summed E-state index contributed by atoms with van der Waals surface area (Å²) in [5, 5.41) is 8.91. The zero-order valence-corrected chi connectivity index (χ0v) is 16.6. The normalized spacial score (nSPS) is 17.5. The van der Waals surface area contributed by atoms with E-state index in [4.69, 9.17) is 14.7 Å². The molecule has 1 aromatic heterocycles. The van der Waals surface area contributed by atoms with E-state index < -0.39 is 5.91 Å². The molecule has 0 atom stereocenters. The van der Waals surface area contributed by atoms with E-state index in [0.29, 0.717) is 48.2 Å². The van der Waals surface area contributed by atoms with Gasteiger partial charge in [0.15, 0.2) is 11.5 Å². The molecule has 2 N–H and O–H groups in total. The first kappa shape index (κ1) is 18.8. The standard InChI is InChI=1S/C20H22N2O5S/c1-20(2)11-22(10-13-9-16(18(23)21-25)28-17(13)20)19(24)12-4-5-14-15(8-12)27-7-3-6-26-14/h4-5,8-9,25H,3,6-7,10-11H2,1-2H3,(H,21,23). The van der Waals surface area contributed by atoms with E-state index in [-0.39, 0.29) is 11.3 Å². The predicted molar refractivity (Wildman–Crippen MR) is 103 cm³/mol. The Morgan fingerprint density at radius 1 is 1.18 bits per heavy atom. The third-order valence-electron chi connectivity index (χ3n) is 4.98. The monoisotopic (exact) mass is 402 g/mol. The number of carbonyl (C=O) groups is 2. The molecule has 148 valence electrons. The van der Waals surface area contributed by atoms with Crippen LogP contribution >= 0.6 is 11.3 Å². The topological polar surface area (TPSA) is 88.1 Å². The summed E-state index contributed by atoms with van der Waals surface area (Å²) in [5.74, 6) is 0.634. The van der Waals surface area contributed by atoms with Gasteiger partial charge in [-0.3, -0.25) is 14.8 Å². The zero-order chi connectivity index (χ0) is 19.9. The third kappa shape index (κ3) is 3.33. The van der Waals surface area contributed by atoms with Crippen molar-refractivity contribution in [1.82, 2.24) is 10.4 Å². The molecular weight excluding hydrogens is 380 g/mol. The first-order chi connectivity index (χ1) is 13.4. The van der Waals surface area contributed by atoms with Crippen molar-refractivity contribution in [1.29, 1.82) is 0 Å². The third-order valence-corrected chi connectivity index (χ3v) is 6.52. The highest BCUT2D eigenvalue weighted by atomic mass is 32.1. The van der Waals surface area contributed by atoms with E-state index in [9.17, 15) is 9.59 Å². The number of thiophene rings is 1. The number of fused-ring (bicyclic) bond motifs is 2. The van der Waals surface area contributed by atoms with Gasteiger partial charge in [-0.1, -0.05) is 13.8 Å². The Morgan fingerprint density at radius 3 is 2.68 bits per heavy atom. The van der Waals surface area contributed by atoms with Crippen LogP contribution < -0.4 is 15.0 Å². The van der Waals surface area contributed by atoms with Crippen LogP contribution in [-0.2, 0) is 12.0 Å². The van der Waals surface area contributed by atoms with Gasteiger partial charge in [-0.05, 0) is 29.8 Å². The largest absolute Gasteiger partial charge is 0.490 e. The highest BCUT2D eigenvalue weighted by Crippen LogP contribution is 2.40. The molecule has 0 bridgehead atoms. The van der Waals surface area contributed by atoms with Gasteiger partial charge < -0.3 is 14.4 Å². The van der Waals surface area contributed by atoms with Crippen LogP contribution in [0.25, 0.3) is 0 Å². The van der Waals surface area contributed by atoms with Crippen LogP contribution in [0.15, 0.2) is 24.3 Å². The lowest BCUT2D eigenvalue weighted by Gasteiger charge is -2.38. The van der Waals surface area contributed by atoms with Crippen molar-refractivity contribution in [3.8, 4) is 11.5 Å². The van der Waals surface area contributed by atoms with Gasteiger partial charge in [-0.15, -0.1) is 11.3 Å². The summed E-state index contributed by atoms with van der Waals surface area (Å²) in [7, 11) is 0. The molecule has 0 fully saturated rings. The summed E-state index contributed by atoms with van der Waals surface area (Å²) in [6.07, 6.45) is 0.808. The minimum absolute atomic E-state index is 0.0891. The van der Waals surface area contributed by atoms with Gasteiger partial charge in [0.05, 0.1) is 18.1 Å². The number of benzene rings is 1. The molecule has 1 aromatic carbocycles. The van der Waals surface area contributed by atoms with Gasteiger partial charge in [0.2, 0.25) is 0 Å². The van der Waals surface area contributed by atoms with Gasteiger partial charge in [0.25, 0.3) is 11.8 Å². The molecular formula is C20H22N2O5S. The quantitative estimate of drug-likeness (QED) is 0.596. The highest BCUT2D eigenvalue weighted by molar-refractivity contribution is 7.14. The SMILES string of the molecule is CC1(C)CN(C(=O)c2ccc3c(c2)OCCCO3)Cc2cc(C(=O)NO)sc21. The summed E-state index contributed by atoms with van der Waals surface area (Å²) >= 11 is 1.36. The summed E-state index contributed by atoms with van der Waals surface area (Å²) in [5.41, 5.74) is 2.86. The minimum atomic E-state index is -0.532. The number of nitrogens with one attached hydrogen (secondary N) is 1. The van der Waals surface area contributed by atoms with E-state index in [1.807, 2.05) is 0 Å². The fraction of sp³-hybridized carbons (Fsp3) is 0.400. The smallest absolute Gasteiger partial charge is 0.284 e. The molecule has 4 rings (SSSR count). The molecule has 0 saturated carbocycles. The zero-order valence-electron chi connectivity index (χ0n) is 15.8. The molecule has 0 aliphatic carbocycles. The van der Waals surface area contributed by atoms with Gasteiger partial charge >= 0.3 is 0 Å². The number of carbonyl (C=O) groups excluding carboxylic acids is 2. The molecule has 7 nitrogen and oxygen atoms in total. The number of hydroxylamine groups is 1. The number of hydrogen-bond acceptors (Lipinski definition) is 6. The Labute approximate surface area is 166 Å². The van der Waals surface area contributed by atoms with Crippen molar-refractivity contribution in [3.05, 3.63) is 45.1 Å². The Hall–Kier alpha value is -2.58. The van der Waals surface area contributed by atoms with E-state index >= 15 is 0 Å². The Morgan fingerprint density at radius 2 is 1.93 bits per heavy atom. The van der Waals surface area contributed by atoms with Crippen molar-refractivity contribution in [2.45, 2.75) is 32.2 Å². The number of amides is 2. The van der Waals surface area contributed by atoms with Crippen LogP contribution in [-0.4, -0.2) is 41.7 Å². The molecule has 8 heteroatoms. The van der Waals surface area contributed by atoms with E-state index in [0.717, 1.165) is 16.9 Å². The fourth-order valence-corrected chi connectivity index (χ4v) is 4.87. The van der Waals surface area contributed by atoms with Gasteiger partial charge in [-0.25, -0.2) is 5.48 Å². The highest BCUT2D eigenvalue weighted by Gasteiger charge is 2.37. The number of nitrogens with zero attached hydrogens (tertiary/aromatic N) is 1. The number of ether oxygens (including phenoxy) is 2. The lowest BCUT2D eigenvalue weighted by atomic mass is 9.85. The summed E-state index contributed by atoms with van der Waals surface area (Å²) in [6.45, 7) is 6.22. The molecule has 3 heterocycles. The number of rotatable bonds is 2. The second-order valence-corrected chi connectivity index (χ2v) is 8.72. The molecule has 0 saturated heterocycles.